The second-order valence-corrected chi connectivity index (χ2v) is 16.4. The molecule has 2 aromatic heterocycles. The summed E-state index contributed by atoms with van der Waals surface area (Å²) in [6, 6.07) is 10.3. The standard InChI is InChI=1S/C28H38N6O2Si/c1-27(2,3)37(6,7)36-19-28(4)11-8-22-21(18-29)16-20(17-23(22)28)24-9-12-30-26(31-24)32-25-10-13-34(33-25)14-15-35-5/h9-10,12-13,16-17H,8,11,14-15,19H2,1-7H3,(H,30,31,32,33). The van der Waals surface area contributed by atoms with Gasteiger partial charge in [-0.25, -0.2) is 9.97 Å². The van der Waals surface area contributed by atoms with Gasteiger partial charge in [0.25, 0.3) is 0 Å². The summed E-state index contributed by atoms with van der Waals surface area (Å²) >= 11 is 0. The highest BCUT2D eigenvalue weighted by molar-refractivity contribution is 6.74. The van der Waals surface area contributed by atoms with Gasteiger partial charge in [0.2, 0.25) is 5.95 Å². The van der Waals surface area contributed by atoms with Gasteiger partial charge in [-0.05, 0) is 60.3 Å². The molecule has 0 aliphatic heterocycles. The minimum absolute atomic E-state index is 0.143. The molecule has 2 heterocycles. The lowest BCUT2D eigenvalue weighted by molar-refractivity contribution is 0.183. The highest BCUT2D eigenvalue weighted by Crippen LogP contribution is 2.44. The Morgan fingerprint density at radius 2 is 2.03 bits per heavy atom. The summed E-state index contributed by atoms with van der Waals surface area (Å²) in [6.45, 7) is 15.6. The number of aromatic nitrogens is 4. The number of ether oxygens (including phenoxy) is 1. The van der Waals surface area contributed by atoms with Crippen LogP contribution < -0.4 is 5.32 Å². The van der Waals surface area contributed by atoms with E-state index in [0.29, 0.717) is 37.1 Å². The molecule has 0 saturated carbocycles. The summed E-state index contributed by atoms with van der Waals surface area (Å²) in [6.07, 6.45) is 5.47. The molecule has 4 rings (SSSR count). The second kappa shape index (κ2) is 10.4. The first-order chi connectivity index (χ1) is 17.5. The molecule has 8 nitrogen and oxygen atoms in total. The zero-order chi connectivity index (χ0) is 26.8. The Morgan fingerprint density at radius 3 is 2.73 bits per heavy atom. The van der Waals surface area contributed by atoms with E-state index < -0.39 is 8.32 Å². The number of rotatable bonds is 9. The molecule has 9 heteroatoms. The van der Waals surface area contributed by atoms with Crippen LogP contribution in [0.15, 0.2) is 36.7 Å². The van der Waals surface area contributed by atoms with E-state index in [1.807, 2.05) is 29.1 Å². The molecule has 0 spiro atoms. The predicted octanol–water partition coefficient (Wildman–Crippen LogP) is 5.83. The van der Waals surface area contributed by atoms with Crippen molar-refractivity contribution in [2.24, 2.45) is 0 Å². The van der Waals surface area contributed by atoms with E-state index in [1.54, 1.807) is 13.3 Å². The van der Waals surface area contributed by atoms with Gasteiger partial charge in [-0.1, -0.05) is 27.7 Å². The fraction of sp³-hybridized carbons (Fsp3) is 0.500. The summed E-state index contributed by atoms with van der Waals surface area (Å²) in [5.41, 5.74) is 4.58. The van der Waals surface area contributed by atoms with E-state index in [-0.39, 0.29) is 10.5 Å². The molecule has 1 atom stereocenters. The first-order valence-corrected chi connectivity index (χ1v) is 15.7. The van der Waals surface area contributed by atoms with Gasteiger partial charge in [0, 0.05) is 43.2 Å². The minimum atomic E-state index is -1.90. The van der Waals surface area contributed by atoms with Crippen LogP contribution in [0.4, 0.5) is 11.8 Å². The number of nitrogens with one attached hydrogen (secondary N) is 1. The molecule has 1 unspecified atom stereocenters. The van der Waals surface area contributed by atoms with Crippen molar-refractivity contribution in [2.45, 2.75) is 70.6 Å². The van der Waals surface area contributed by atoms with Gasteiger partial charge in [-0.15, -0.1) is 0 Å². The molecule has 0 saturated heterocycles. The number of anilines is 2. The third-order valence-corrected chi connectivity index (χ3v) is 12.3. The van der Waals surface area contributed by atoms with Crippen LogP contribution in [0.2, 0.25) is 18.1 Å². The van der Waals surface area contributed by atoms with Crippen molar-refractivity contribution >= 4 is 20.1 Å². The normalized spacial score (nSPS) is 17.5. The van der Waals surface area contributed by atoms with Crippen LogP contribution in [0.25, 0.3) is 11.3 Å². The number of nitriles is 1. The molecule has 196 valence electrons. The van der Waals surface area contributed by atoms with Gasteiger partial charge >= 0.3 is 0 Å². The van der Waals surface area contributed by atoms with Crippen molar-refractivity contribution in [3.8, 4) is 17.3 Å². The van der Waals surface area contributed by atoms with Gasteiger partial charge in [-0.3, -0.25) is 4.68 Å². The first-order valence-electron chi connectivity index (χ1n) is 12.8. The Labute approximate surface area is 221 Å². The molecule has 1 aromatic carbocycles. The maximum atomic E-state index is 9.98. The summed E-state index contributed by atoms with van der Waals surface area (Å²) in [7, 11) is -0.230. The number of methoxy groups -OCH3 is 1. The van der Waals surface area contributed by atoms with Crippen molar-refractivity contribution < 1.29 is 9.16 Å². The average molecular weight is 519 g/mol. The maximum Gasteiger partial charge on any atom is 0.228 e. The van der Waals surface area contributed by atoms with Crippen molar-refractivity contribution in [3.05, 3.63) is 53.3 Å². The zero-order valence-electron chi connectivity index (χ0n) is 23.1. The summed E-state index contributed by atoms with van der Waals surface area (Å²) < 4.78 is 13.6. The van der Waals surface area contributed by atoms with Crippen LogP contribution in [-0.2, 0) is 27.5 Å². The fourth-order valence-electron chi connectivity index (χ4n) is 4.40. The van der Waals surface area contributed by atoms with Crippen LogP contribution in [0.3, 0.4) is 0 Å². The van der Waals surface area contributed by atoms with Crippen LogP contribution in [0.1, 0.15) is 50.8 Å². The fourth-order valence-corrected chi connectivity index (χ4v) is 5.51. The van der Waals surface area contributed by atoms with Crippen molar-refractivity contribution in [2.75, 3.05) is 25.6 Å². The third-order valence-electron chi connectivity index (χ3n) is 7.86. The van der Waals surface area contributed by atoms with Gasteiger partial charge in [0.1, 0.15) is 0 Å². The Hall–Kier alpha value is -3.06. The molecule has 0 amide bonds. The van der Waals surface area contributed by atoms with E-state index >= 15 is 0 Å². The van der Waals surface area contributed by atoms with Crippen LogP contribution in [0.5, 0.6) is 0 Å². The molecule has 37 heavy (non-hydrogen) atoms. The van der Waals surface area contributed by atoms with Gasteiger partial charge < -0.3 is 14.5 Å². The summed E-state index contributed by atoms with van der Waals surface area (Å²) in [5.74, 6) is 1.12. The maximum absolute atomic E-state index is 9.98. The van der Waals surface area contributed by atoms with Gasteiger partial charge in [0.15, 0.2) is 14.1 Å². The summed E-state index contributed by atoms with van der Waals surface area (Å²) in [4.78, 5) is 9.12. The third kappa shape index (κ3) is 5.77. The molecular formula is C28H38N6O2Si. The minimum Gasteiger partial charge on any atom is -0.416 e. The lowest BCUT2D eigenvalue weighted by Crippen LogP contribution is -2.44. The number of benzene rings is 1. The number of nitrogens with zero attached hydrogens (tertiary/aromatic N) is 5. The molecule has 1 N–H and O–H groups in total. The van der Waals surface area contributed by atoms with E-state index in [1.165, 1.54) is 5.56 Å². The summed E-state index contributed by atoms with van der Waals surface area (Å²) in [5, 5.41) is 17.8. The number of hydrogen-bond donors (Lipinski definition) is 1. The van der Waals surface area contributed by atoms with Crippen LogP contribution in [-0.4, -0.2) is 48.4 Å². The lowest BCUT2D eigenvalue weighted by Gasteiger charge is -2.39. The smallest absolute Gasteiger partial charge is 0.228 e. The molecule has 1 aliphatic rings. The molecule has 0 fully saturated rings. The highest BCUT2D eigenvalue weighted by atomic mass is 28.4. The number of fused-ring (bicyclic) bond motifs is 1. The molecule has 0 radical (unpaired) electrons. The van der Waals surface area contributed by atoms with Gasteiger partial charge in [-0.2, -0.15) is 10.4 Å². The van der Waals surface area contributed by atoms with Crippen LogP contribution in [0, 0.1) is 11.3 Å². The average Bonchev–Trinajstić information content (AvgIpc) is 3.45. The Bertz CT molecular complexity index is 1310. The van der Waals surface area contributed by atoms with Crippen molar-refractivity contribution in [1.82, 2.24) is 19.7 Å². The highest BCUT2D eigenvalue weighted by Gasteiger charge is 2.42. The van der Waals surface area contributed by atoms with E-state index in [2.05, 4.69) is 68.3 Å². The largest absolute Gasteiger partial charge is 0.416 e. The Balaban J connectivity index is 1.61. The van der Waals surface area contributed by atoms with Crippen LogP contribution >= 0.6 is 0 Å². The SMILES string of the molecule is COCCn1ccc(Nc2nccc(-c3cc(C#N)c4c(c3)C(C)(CO[Si](C)(C)C(C)(C)C)CC4)n2)n1. The first kappa shape index (κ1) is 27.0. The molecular weight excluding hydrogens is 480 g/mol. The zero-order valence-corrected chi connectivity index (χ0v) is 24.1. The van der Waals surface area contributed by atoms with E-state index in [9.17, 15) is 5.26 Å². The lowest BCUT2D eigenvalue weighted by atomic mass is 9.83. The Kier molecular flexibility index (Phi) is 7.56. The quantitative estimate of drug-likeness (QED) is 0.356. The number of hydrogen-bond acceptors (Lipinski definition) is 7. The van der Waals surface area contributed by atoms with Crippen molar-refractivity contribution in [3.63, 3.8) is 0 Å². The Morgan fingerprint density at radius 1 is 1.24 bits per heavy atom. The van der Waals surface area contributed by atoms with Crippen molar-refractivity contribution in [1.29, 1.82) is 5.26 Å². The molecule has 0 bridgehead atoms. The molecule has 1 aliphatic carbocycles. The van der Waals surface area contributed by atoms with E-state index in [4.69, 9.17) is 14.1 Å². The predicted molar refractivity (Wildman–Crippen MR) is 148 cm³/mol. The molecule has 3 aromatic rings. The monoisotopic (exact) mass is 518 g/mol. The van der Waals surface area contributed by atoms with Gasteiger partial charge in [0.05, 0.1) is 30.5 Å². The topological polar surface area (TPSA) is 97.9 Å². The second-order valence-electron chi connectivity index (χ2n) is 11.6. The van der Waals surface area contributed by atoms with E-state index in [0.717, 1.165) is 29.7 Å².